The summed E-state index contributed by atoms with van der Waals surface area (Å²) in [6.45, 7) is 0. The summed E-state index contributed by atoms with van der Waals surface area (Å²) < 4.78 is 208. The first-order valence-electron chi connectivity index (χ1n) is 23.6. The van der Waals surface area contributed by atoms with Crippen LogP contribution >= 0.6 is 0 Å². The number of fused-ring (bicyclic) bond motifs is 3. The zero-order chi connectivity index (χ0) is 47.2. The quantitative estimate of drug-likeness (QED) is 0.200. The van der Waals surface area contributed by atoms with Gasteiger partial charge in [-0.3, -0.25) is 0 Å². The van der Waals surface area contributed by atoms with Crippen LogP contribution in [0.4, 0.5) is 0 Å². The van der Waals surface area contributed by atoms with E-state index >= 15 is 0 Å². The summed E-state index contributed by atoms with van der Waals surface area (Å²) in [5.41, 5.74) is -3.35. The molecule has 0 aliphatic heterocycles. The highest BCUT2D eigenvalue weighted by Gasteiger charge is 2.24. The fourth-order valence-electron chi connectivity index (χ4n) is 4.94. The van der Waals surface area contributed by atoms with E-state index in [1.165, 1.54) is 18.2 Å². The lowest BCUT2D eigenvalue weighted by Crippen LogP contribution is -1.91. The SMILES string of the molecule is [2H]c1c([2H])c([2H])c(-c2ccc3oc(-c4c([2H])c([2H])c([2H])c([2H])c4[2H])c(-c4c5c([2H])c([2H])c([2H])c([2H])c5c(-c5c([2H])c([2H])c([2H])c([2H])c5[2H])c5c([2H])c([2H])c([2H])c([2H])c45)c3c2)c([2H])c1[2H]. The summed E-state index contributed by atoms with van der Waals surface area (Å²) in [6, 6.07) is -15.2. The zero-order valence-corrected chi connectivity index (χ0v) is 20.6. The molecule has 0 amide bonds. The molecule has 0 radical (unpaired) electrons. The van der Waals surface area contributed by atoms with Crippen molar-refractivity contribution in [2.75, 3.05) is 0 Å². The van der Waals surface area contributed by atoms with Crippen LogP contribution in [-0.2, 0) is 0 Å². The minimum absolute atomic E-state index is 0.0627. The lowest BCUT2D eigenvalue weighted by atomic mass is 9.84. The molecule has 1 heteroatoms. The second-order valence-corrected chi connectivity index (χ2v) is 8.77. The number of rotatable bonds is 4. The zero-order valence-electron chi connectivity index (χ0n) is 43.6. The van der Waals surface area contributed by atoms with Crippen LogP contribution in [-0.4, -0.2) is 0 Å². The molecule has 192 valence electrons. The van der Waals surface area contributed by atoms with E-state index in [-0.39, 0.29) is 22.1 Å². The molecule has 7 aromatic carbocycles. The highest BCUT2D eigenvalue weighted by Crippen LogP contribution is 2.49. The molecule has 0 N–H and O–H groups in total. The summed E-state index contributed by atoms with van der Waals surface area (Å²) in [5.74, 6) is -0.580. The van der Waals surface area contributed by atoms with Gasteiger partial charge >= 0.3 is 0 Å². The summed E-state index contributed by atoms with van der Waals surface area (Å²) in [5, 5.41) is -2.51. The average Bonchev–Trinajstić information content (AvgIpc) is 3.64. The van der Waals surface area contributed by atoms with Crippen molar-refractivity contribution >= 4 is 32.5 Å². The van der Waals surface area contributed by atoms with Gasteiger partial charge in [-0.1, -0.05) is 145 Å². The van der Waals surface area contributed by atoms with Crippen LogP contribution in [0.5, 0.6) is 0 Å². The molecule has 0 saturated carbocycles. The van der Waals surface area contributed by atoms with E-state index in [0.717, 1.165) is 0 Å². The average molecular weight is 546 g/mol. The minimum atomic E-state index is -0.900. The Morgan fingerprint density at radius 3 is 1.39 bits per heavy atom. The van der Waals surface area contributed by atoms with Gasteiger partial charge in [-0.15, -0.1) is 0 Å². The second kappa shape index (κ2) is 9.66. The summed E-state index contributed by atoms with van der Waals surface area (Å²) in [4.78, 5) is 0. The highest BCUT2D eigenvalue weighted by atomic mass is 16.3. The largest absolute Gasteiger partial charge is 0.455 e. The molecule has 0 fully saturated rings. The molecule has 8 aromatic rings. The van der Waals surface area contributed by atoms with Crippen molar-refractivity contribution in [2.45, 2.75) is 0 Å². The predicted molar refractivity (Wildman–Crippen MR) is 173 cm³/mol. The molecule has 0 bridgehead atoms. The molecule has 8 rings (SSSR count). The van der Waals surface area contributed by atoms with Crippen molar-refractivity contribution < 1.29 is 35.9 Å². The molecule has 1 nitrogen and oxygen atoms in total. The molecule has 1 heterocycles. The van der Waals surface area contributed by atoms with Crippen LogP contribution in [0.25, 0.3) is 77.2 Å². The fourth-order valence-corrected chi connectivity index (χ4v) is 4.94. The van der Waals surface area contributed by atoms with Gasteiger partial charge < -0.3 is 4.42 Å². The van der Waals surface area contributed by atoms with Crippen LogP contribution in [0.1, 0.15) is 31.5 Å². The molecule has 0 saturated heterocycles. The Bertz CT molecular complexity index is 3310. The summed E-state index contributed by atoms with van der Waals surface area (Å²) in [7, 11) is 0. The van der Waals surface area contributed by atoms with Gasteiger partial charge in [0.05, 0.1) is 31.5 Å². The maximum Gasteiger partial charge on any atom is 0.143 e. The number of furan rings is 1. The third-order valence-corrected chi connectivity index (χ3v) is 6.58. The lowest BCUT2D eigenvalue weighted by Gasteiger charge is -2.18. The van der Waals surface area contributed by atoms with Gasteiger partial charge in [0.25, 0.3) is 0 Å². The number of hydrogen-bond donors (Lipinski definition) is 0. The number of hydrogen-bond acceptors (Lipinski definition) is 1. The van der Waals surface area contributed by atoms with Gasteiger partial charge in [0, 0.05) is 22.1 Å². The second-order valence-electron chi connectivity index (χ2n) is 8.77. The van der Waals surface area contributed by atoms with E-state index in [1.807, 2.05) is 0 Å². The van der Waals surface area contributed by atoms with Crippen LogP contribution in [0.3, 0.4) is 0 Å². The first kappa shape index (κ1) is 9.90. The lowest BCUT2D eigenvalue weighted by molar-refractivity contribution is 0.632. The fraction of sp³-hybridized carbons (Fsp3) is 0. The molecule has 41 heavy (non-hydrogen) atoms. The van der Waals surface area contributed by atoms with E-state index in [9.17, 15) is 5.48 Å². The van der Waals surface area contributed by atoms with Gasteiger partial charge in [-0.25, -0.2) is 0 Å². The van der Waals surface area contributed by atoms with Crippen LogP contribution in [0.2, 0.25) is 0 Å². The molecule has 1 aromatic heterocycles. The predicted octanol–water partition coefficient (Wildman–Crippen LogP) is 11.4. The van der Waals surface area contributed by atoms with E-state index in [0.29, 0.717) is 0 Å². The molecule has 0 atom stereocenters. The van der Waals surface area contributed by atoms with Crippen LogP contribution in [0, 0.1) is 0 Å². The molecular weight excluding hydrogens is 496 g/mol. The van der Waals surface area contributed by atoms with Gasteiger partial charge in [0.2, 0.25) is 0 Å². The van der Waals surface area contributed by atoms with Crippen LogP contribution in [0.15, 0.2) is 162 Å². The van der Waals surface area contributed by atoms with Gasteiger partial charge in [-0.2, -0.15) is 0 Å². The molecule has 0 unspecified atom stereocenters. The van der Waals surface area contributed by atoms with Crippen molar-refractivity contribution in [3.63, 3.8) is 0 Å². The summed E-state index contributed by atoms with van der Waals surface area (Å²) in [6.07, 6.45) is 0. The standard InChI is InChI=1S/C40H26O/c1-4-14-27(15-5-1)30-24-25-36-35(26-30)39(40(41-36)29-18-8-3-9-19-29)38-33-22-12-10-20-31(33)37(28-16-6-2-7-17-28)32-21-11-13-23-34(32)38/h1-26H/i1D,2D,3D,4D,5D,6D,7D,8D,9D,10D,11D,12D,13D,14D,15D,16D,17D,18D,19D,20D,21D,22D,23D. The molecule has 0 spiro atoms. The van der Waals surface area contributed by atoms with Crippen molar-refractivity contribution in [2.24, 2.45) is 0 Å². The van der Waals surface area contributed by atoms with Crippen molar-refractivity contribution in [1.82, 2.24) is 0 Å². The maximum atomic E-state index is 9.43. The molecule has 0 aliphatic rings. The Labute approximate surface area is 271 Å². The van der Waals surface area contributed by atoms with Gasteiger partial charge in [-0.05, 0) is 55.9 Å². The van der Waals surface area contributed by atoms with E-state index < -0.39 is 194 Å². The van der Waals surface area contributed by atoms with Crippen molar-refractivity contribution in [1.29, 1.82) is 0 Å². The Morgan fingerprint density at radius 1 is 0.366 bits per heavy atom. The van der Waals surface area contributed by atoms with E-state index in [4.69, 9.17) is 30.5 Å². The number of benzene rings is 7. The van der Waals surface area contributed by atoms with Gasteiger partial charge in [0.1, 0.15) is 11.3 Å². The molecular formula is C40H26O. The third kappa shape index (κ3) is 3.86. The third-order valence-electron chi connectivity index (χ3n) is 6.58. The normalized spacial score (nSPS) is 19.3. The minimum Gasteiger partial charge on any atom is -0.455 e. The van der Waals surface area contributed by atoms with Crippen molar-refractivity contribution in [3.8, 4) is 44.7 Å². The van der Waals surface area contributed by atoms with Gasteiger partial charge in [0.15, 0.2) is 0 Å². The van der Waals surface area contributed by atoms with E-state index in [2.05, 4.69) is 0 Å². The Balaban J connectivity index is 1.77. The van der Waals surface area contributed by atoms with Crippen molar-refractivity contribution in [3.05, 3.63) is 157 Å². The monoisotopic (exact) mass is 545 g/mol. The summed E-state index contributed by atoms with van der Waals surface area (Å²) >= 11 is 0. The Hall–Kier alpha value is -5.40. The van der Waals surface area contributed by atoms with Crippen LogP contribution < -0.4 is 0 Å². The first-order valence-corrected chi connectivity index (χ1v) is 12.1. The first-order chi connectivity index (χ1) is 29.9. The maximum absolute atomic E-state index is 9.43. The molecule has 0 aliphatic carbocycles. The topological polar surface area (TPSA) is 13.1 Å². The smallest absolute Gasteiger partial charge is 0.143 e. The Kier molecular flexibility index (Phi) is 2.33. The highest BCUT2D eigenvalue weighted by molar-refractivity contribution is 6.25. The Morgan fingerprint density at radius 2 is 0.829 bits per heavy atom. The van der Waals surface area contributed by atoms with E-state index in [1.54, 1.807) is 0 Å².